The van der Waals surface area contributed by atoms with E-state index in [-0.39, 0.29) is 6.04 Å². The van der Waals surface area contributed by atoms with Crippen LogP contribution in [0.2, 0.25) is 0 Å². The zero-order valence-electron chi connectivity index (χ0n) is 15.3. The van der Waals surface area contributed by atoms with Gasteiger partial charge in [0, 0.05) is 12.7 Å². The lowest BCUT2D eigenvalue weighted by Gasteiger charge is -2.33. The predicted molar refractivity (Wildman–Crippen MR) is 93.6 cm³/mol. The van der Waals surface area contributed by atoms with Gasteiger partial charge < -0.3 is 14.4 Å². The topological polar surface area (TPSA) is 66.5 Å². The SMILES string of the molecule is COCCn1nnnc1[C@H](c1ccc(OC)cc1)[NH+]1CCC(C)CC1. The minimum atomic E-state index is 0.130. The molecule has 2 aromatic rings. The third-order valence-electron chi connectivity index (χ3n) is 5.10. The first kappa shape index (κ1) is 17.8. The number of likely N-dealkylation sites (tertiary alicyclic amines) is 1. The van der Waals surface area contributed by atoms with Gasteiger partial charge >= 0.3 is 0 Å². The monoisotopic (exact) mass is 346 g/mol. The molecule has 0 spiro atoms. The molecular weight excluding hydrogens is 318 g/mol. The Morgan fingerprint density at radius 1 is 1.20 bits per heavy atom. The first-order chi connectivity index (χ1) is 12.2. The molecule has 1 fully saturated rings. The van der Waals surface area contributed by atoms with Crippen LogP contribution < -0.4 is 9.64 Å². The number of aromatic nitrogens is 4. The summed E-state index contributed by atoms with van der Waals surface area (Å²) in [6.45, 7) is 5.86. The van der Waals surface area contributed by atoms with Gasteiger partial charge in [0.25, 0.3) is 0 Å². The Balaban J connectivity index is 1.92. The molecule has 0 unspecified atom stereocenters. The lowest BCUT2D eigenvalue weighted by Crippen LogP contribution is -3.13. The zero-order chi connectivity index (χ0) is 17.6. The smallest absolute Gasteiger partial charge is 0.214 e. The van der Waals surface area contributed by atoms with Crippen molar-refractivity contribution >= 4 is 0 Å². The molecule has 0 amide bonds. The number of ether oxygens (including phenoxy) is 2. The van der Waals surface area contributed by atoms with E-state index in [2.05, 4.69) is 34.6 Å². The molecule has 25 heavy (non-hydrogen) atoms. The molecule has 0 aliphatic carbocycles. The second kappa shape index (κ2) is 8.40. The summed E-state index contributed by atoms with van der Waals surface area (Å²) in [6.07, 6.45) is 2.48. The van der Waals surface area contributed by atoms with Crippen molar-refractivity contribution in [1.29, 1.82) is 0 Å². The second-order valence-corrected chi connectivity index (χ2v) is 6.80. The molecule has 1 atom stereocenters. The highest BCUT2D eigenvalue weighted by Gasteiger charge is 2.33. The van der Waals surface area contributed by atoms with E-state index >= 15 is 0 Å². The number of hydrogen-bond donors (Lipinski definition) is 1. The summed E-state index contributed by atoms with van der Waals surface area (Å²) in [7, 11) is 3.39. The number of nitrogens with zero attached hydrogens (tertiary/aromatic N) is 4. The van der Waals surface area contributed by atoms with Crippen LogP contribution in [0.4, 0.5) is 0 Å². The molecular formula is C18H28N5O2+. The fraction of sp³-hybridized carbons (Fsp3) is 0.611. The van der Waals surface area contributed by atoms with Crippen LogP contribution in [-0.2, 0) is 11.3 Å². The van der Waals surface area contributed by atoms with Crippen LogP contribution in [0.5, 0.6) is 5.75 Å². The van der Waals surface area contributed by atoms with Gasteiger partial charge in [-0.2, -0.15) is 0 Å². The summed E-state index contributed by atoms with van der Waals surface area (Å²) in [5, 5.41) is 12.5. The van der Waals surface area contributed by atoms with Gasteiger partial charge in [0.15, 0.2) is 6.04 Å². The van der Waals surface area contributed by atoms with Crippen molar-refractivity contribution in [3.8, 4) is 5.75 Å². The maximum Gasteiger partial charge on any atom is 0.214 e. The molecule has 2 heterocycles. The number of benzene rings is 1. The van der Waals surface area contributed by atoms with Crippen molar-refractivity contribution in [3.63, 3.8) is 0 Å². The molecule has 1 aliphatic heterocycles. The standard InChI is InChI=1S/C18H27N5O2/c1-14-8-10-22(11-9-14)17(15-4-6-16(25-3)7-5-15)18-19-20-21-23(18)12-13-24-2/h4-7,14,17H,8-13H2,1-3H3/p+1/t17-/m0/s1. The average molecular weight is 346 g/mol. The lowest BCUT2D eigenvalue weighted by atomic mass is 9.95. The normalized spacial score (nSPS) is 21.9. The molecule has 136 valence electrons. The minimum absolute atomic E-state index is 0.130. The largest absolute Gasteiger partial charge is 0.497 e. The number of tetrazole rings is 1. The van der Waals surface area contributed by atoms with Crippen molar-refractivity contribution in [2.75, 3.05) is 33.9 Å². The predicted octanol–water partition coefficient (Wildman–Crippen LogP) is 0.732. The molecule has 1 N–H and O–H groups in total. The summed E-state index contributed by atoms with van der Waals surface area (Å²) in [5.41, 5.74) is 1.22. The lowest BCUT2D eigenvalue weighted by molar-refractivity contribution is -0.932. The summed E-state index contributed by atoms with van der Waals surface area (Å²) in [6, 6.07) is 8.41. The van der Waals surface area contributed by atoms with E-state index in [0.717, 1.165) is 30.6 Å². The number of piperidine rings is 1. The molecule has 0 saturated carbocycles. The highest BCUT2D eigenvalue weighted by Crippen LogP contribution is 2.22. The van der Waals surface area contributed by atoms with Crippen molar-refractivity contribution < 1.29 is 14.4 Å². The van der Waals surface area contributed by atoms with Crippen molar-refractivity contribution in [1.82, 2.24) is 20.2 Å². The Morgan fingerprint density at radius 2 is 1.92 bits per heavy atom. The fourth-order valence-corrected chi connectivity index (χ4v) is 3.54. The van der Waals surface area contributed by atoms with Gasteiger partial charge in [0.05, 0.1) is 33.4 Å². The van der Waals surface area contributed by atoms with E-state index in [1.165, 1.54) is 23.3 Å². The van der Waals surface area contributed by atoms with Gasteiger partial charge in [-0.3, -0.25) is 0 Å². The molecule has 0 bridgehead atoms. The number of hydrogen-bond acceptors (Lipinski definition) is 5. The molecule has 1 aliphatic rings. The first-order valence-electron chi connectivity index (χ1n) is 8.96. The first-order valence-corrected chi connectivity index (χ1v) is 8.96. The van der Waals surface area contributed by atoms with Crippen LogP contribution in [0.3, 0.4) is 0 Å². The third kappa shape index (κ3) is 4.16. The maximum absolute atomic E-state index is 5.31. The van der Waals surface area contributed by atoms with E-state index in [1.807, 2.05) is 16.8 Å². The number of rotatable bonds is 7. The third-order valence-corrected chi connectivity index (χ3v) is 5.10. The van der Waals surface area contributed by atoms with Gasteiger partial charge in [0.2, 0.25) is 5.82 Å². The van der Waals surface area contributed by atoms with Crippen LogP contribution in [0, 0.1) is 5.92 Å². The van der Waals surface area contributed by atoms with Crippen molar-refractivity contribution in [2.24, 2.45) is 5.92 Å². The highest BCUT2D eigenvalue weighted by atomic mass is 16.5. The molecule has 1 aromatic heterocycles. The molecule has 7 heteroatoms. The number of methoxy groups -OCH3 is 2. The second-order valence-electron chi connectivity index (χ2n) is 6.80. The van der Waals surface area contributed by atoms with Gasteiger partial charge in [0.1, 0.15) is 5.75 Å². The van der Waals surface area contributed by atoms with Crippen LogP contribution >= 0.6 is 0 Å². The molecule has 0 radical (unpaired) electrons. The molecule has 1 aromatic carbocycles. The van der Waals surface area contributed by atoms with E-state index in [4.69, 9.17) is 9.47 Å². The summed E-state index contributed by atoms with van der Waals surface area (Å²) < 4.78 is 12.4. The Hall–Kier alpha value is -1.99. The average Bonchev–Trinajstić information content (AvgIpc) is 3.10. The van der Waals surface area contributed by atoms with E-state index in [9.17, 15) is 0 Å². The van der Waals surface area contributed by atoms with Crippen molar-refractivity contribution in [2.45, 2.75) is 32.4 Å². The van der Waals surface area contributed by atoms with Crippen LogP contribution in [-0.4, -0.2) is 54.1 Å². The Labute approximate surface area is 148 Å². The molecule has 7 nitrogen and oxygen atoms in total. The highest BCUT2D eigenvalue weighted by molar-refractivity contribution is 5.30. The molecule has 1 saturated heterocycles. The van der Waals surface area contributed by atoms with E-state index in [1.54, 1.807) is 14.2 Å². The Morgan fingerprint density at radius 3 is 2.56 bits per heavy atom. The van der Waals surface area contributed by atoms with Gasteiger partial charge in [-0.05, 0) is 53.5 Å². The van der Waals surface area contributed by atoms with Crippen LogP contribution in [0.1, 0.15) is 37.2 Å². The quantitative estimate of drug-likeness (QED) is 0.801. The van der Waals surface area contributed by atoms with Gasteiger partial charge in [-0.25, -0.2) is 4.68 Å². The Bertz CT molecular complexity index is 650. The van der Waals surface area contributed by atoms with E-state index in [0.29, 0.717) is 13.2 Å². The number of quaternary nitrogens is 1. The minimum Gasteiger partial charge on any atom is -0.497 e. The summed E-state index contributed by atoms with van der Waals surface area (Å²) >= 11 is 0. The van der Waals surface area contributed by atoms with Gasteiger partial charge in [-0.15, -0.1) is 5.10 Å². The molecule has 3 rings (SSSR count). The summed E-state index contributed by atoms with van der Waals surface area (Å²) in [4.78, 5) is 1.52. The van der Waals surface area contributed by atoms with Crippen LogP contribution in [0.25, 0.3) is 0 Å². The van der Waals surface area contributed by atoms with E-state index < -0.39 is 0 Å². The Kier molecular flexibility index (Phi) is 5.99. The van der Waals surface area contributed by atoms with Crippen LogP contribution in [0.15, 0.2) is 24.3 Å². The summed E-state index contributed by atoms with van der Waals surface area (Å²) in [5.74, 6) is 2.57. The number of nitrogens with one attached hydrogen (secondary N) is 1. The van der Waals surface area contributed by atoms with Crippen molar-refractivity contribution in [3.05, 3.63) is 35.7 Å². The maximum atomic E-state index is 5.31. The fourth-order valence-electron chi connectivity index (χ4n) is 3.54. The zero-order valence-corrected chi connectivity index (χ0v) is 15.3. The van der Waals surface area contributed by atoms with Gasteiger partial charge in [-0.1, -0.05) is 6.92 Å².